The smallest absolute Gasteiger partial charge is 0.344 e. The van der Waals surface area contributed by atoms with Gasteiger partial charge in [0.2, 0.25) is 0 Å². The Morgan fingerprint density at radius 2 is 2.29 bits per heavy atom. The number of hydrogen-bond donors (Lipinski definition) is 3. The minimum atomic E-state index is -0.277. The maximum Gasteiger partial charge on any atom is 0.344 e. The molecule has 2 unspecified atom stereocenters. The van der Waals surface area contributed by atoms with Crippen molar-refractivity contribution in [2.24, 2.45) is 5.41 Å². The third kappa shape index (κ3) is 1.22. The van der Waals surface area contributed by atoms with Gasteiger partial charge in [0.05, 0.1) is 12.1 Å². The molecule has 0 aromatic rings. The Morgan fingerprint density at radius 1 is 1.47 bits per heavy atom. The molecule has 1 saturated carbocycles. The molecule has 3 aliphatic heterocycles. The van der Waals surface area contributed by atoms with Gasteiger partial charge in [-0.05, 0) is 24.7 Å². The largest absolute Gasteiger partial charge is 0.344 e. The first-order valence-corrected chi connectivity index (χ1v) is 6.10. The van der Waals surface area contributed by atoms with Gasteiger partial charge in [-0.2, -0.15) is 0 Å². The molecule has 3 heterocycles. The molecule has 3 saturated heterocycles. The van der Waals surface area contributed by atoms with Gasteiger partial charge >= 0.3 is 6.03 Å². The van der Waals surface area contributed by atoms with Crippen LogP contribution in [0.5, 0.6) is 0 Å². The summed E-state index contributed by atoms with van der Waals surface area (Å²) in [4.78, 5) is 13.7. The van der Waals surface area contributed by atoms with Gasteiger partial charge in [0.15, 0.2) is 0 Å². The van der Waals surface area contributed by atoms with Gasteiger partial charge in [0.1, 0.15) is 13.0 Å². The minimum absolute atomic E-state index is 0.0133. The van der Waals surface area contributed by atoms with E-state index in [1.807, 2.05) is 0 Å². The van der Waals surface area contributed by atoms with E-state index in [4.69, 9.17) is 4.74 Å². The van der Waals surface area contributed by atoms with Gasteiger partial charge in [-0.3, -0.25) is 5.21 Å². The van der Waals surface area contributed by atoms with Crippen LogP contribution in [0.4, 0.5) is 4.79 Å². The summed E-state index contributed by atoms with van der Waals surface area (Å²) < 4.78 is 5.53. The summed E-state index contributed by atoms with van der Waals surface area (Å²) in [5.41, 5.74) is 6.09. The summed E-state index contributed by atoms with van der Waals surface area (Å²) >= 11 is 0. The number of hydroxylamine groups is 2. The van der Waals surface area contributed by atoms with Crippen LogP contribution >= 0.6 is 0 Å². The number of ether oxygens (including phenoxy) is 1. The number of nitrogens with one attached hydrogen (secondary N) is 2. The number of carbonyl (C=O) groups excluding carboxylic acids is 1. The van der Waals surface area contributed by atoms with Crippen LogP contribution in [0.2, 0.25) is 0 Å². The van der Waals surface area contributed by atoms with Crippen LogP contribution in [0, 0.1) is 5.41 Å². The maximum absolute atomic E-state index is 12.0. The molecule has 1 spiro atoms. The normalized spacial score (nSPS) is 42.6. The van der Waals surface area contributed by atoms with Crippen molar-refractivity contribution in [3.63, 3.8) is 0 Å². The number of rotatable bonds is 1. The van der Waals surface area contributed by atoms with E-state index in [0.29, 0.717) is 13.3 Å². The molecule has 4 rings (SSSR count). The molecular formula is C10H16N4O3. The third-order valence-corrected chi connectivity index (χ3v) is 4.65. The first-order valence-electron chi connectivity index (χ1n) is 6.10. The number of urea groups is 1. The number of fused-ring (bicyclic) bond motifs is 3. The zero-order valence-corrected chi connectivity index (χ0v) is 9.43. The first kappa shape index (κ1) is 10.1. The van der Waals surface area contributed by atoms with Crippen LogP contribution in [0.15, 0.2) is 0 Å². The quantitative estimate of drug-likeness (QED) is 0.536. The monoisotopic (exact) mass is 240 g/mol. The summed E-state index contributed by atoms with van der Waals surface area (Å²) in [6.07, 6.45) is 2.96. The van der Waals surface area contributed by atoms with Crippen molar-refractivity contribution in [3.05, 3.63) is 0 Å². The van der Waals surface area contributed by atoms with E-state index >= 15 is 0 Å². The topological polar surface area (TPSA) is 77.1 Å². The summed E-state index contributed by atoms with van der Waals surface area (Å²) in [6.45, 7) is 1.09. The van der Waals surface area contributed by atoms with Crippen LogP contribution in [0.1, 0.15) is 19.3 Å². The summed E-state index contributed by atoms with van der Waals surface area (Å²) in [6, 6.07) is -0.268. The fourth-order valence-corrected chi connectivity index (χ4v) is 3.49. The number of nitrogens with zero attached hydrogens (tertiary/aromatic N) is 2. The standard InChI is InChI=1S/C10H16N4O3/c15-9-13-4-7(14(9)16)10(1-2-10)3-6(13)8-12-11-5-17-8/h6-8,11-12,16H,1-5H2/t6-,7?,8?/m0/s1. The number of carbonyl (C=O) groups is 1. The van der Waals surface area contributed by atoms with E-state index in [1.54, 1.807) is 4.90 Å². The van der Waals surface area contributed by atoms with Gasteiger partial charge in [0, 0.05) is 6.54 Å². The van der Waals surface area contributed by atoms with Gasteiger partial charge < -0.3 is 9.64 Å². The Balaban J connectivity index is 1.66. The van der Waals surface area contributed by atoms with E-state index in [-0.39, 0.29) is 29.8 Å². The lowest BCUT2D eigenvalue weighted by Gasteiger charge is -2.38. The van der Waals surface area contributed by atoms with Crippen LogP contribution < -0.4 is 10.9 Å². The zero-order chi connectivity index (χ0) is 11.6. The highest BCUT2D eigenvalue weighted by molar-refractivity contribution is 5.77. The lowest BCUT2D eigenvalue weighted by molar-refractivity contribution is -0.0802. The predicted molar refractivity (Wildman–Crippen MR) is 55.6 cm³/mol. The van der Waals surface area contributed by atoms with Crippen LogP contribution in [-0.4, -0.2) is 52.8 Å². The maximum atomic E-state index is 12.0. The van der Waals surface area contributed by atoms with Crippen molar-refractivity contribution in [1.29, 1.82) is 0 Å². The molecule has 94 valence electrons. The van der Waals surface area contributed by atoms with Crippen molar-refractivity contribution >= 4 is 6.03 Å². The number of amides is 2. The van der Waals surface area contributed by atoms with E-state index in [9.17, 15) is 10.0 Å². The molecule has 0 radical (unpaired) electrons. The molecule has 1 aliphatic carbocycles. The van der Waals surface area contributed by atoms with E-state index < -0.39 is 0 Å². The van der Waals surface area contributed by atoms with Crippen molar-refractivity contribution < 1.29 is 14.7 Å². The van der Waals surface area contributed by atoms with Gasteiger partial charge in [-0.25, -0.2) is 20.7 Å². The lowest BCUT2D eigenvalue weighted by atomic mass is 9.84. The number of hydrogen-bond acceptors (Lipinski definition) is 5. The molecule has 3 N–H and O–H groups in total. The minimum Gasteiger partial charge on any atom is -0.344 e. The summed E-state index contributed by atoms with van der Waals surface area (Å²) in [5.74, 6) is 0. The van der Waals surface area contributed by atoms with Gasteiger partial charge in [-0.15, -0.1) is 0 Å². The van der Waals surface area contributed by atoms with Crippen LogP contribution in [0.25, 0.3) is 0 Å². The molecule has 0 aromatic heterocycles. The fourth-order valence-electron chi connectivity index (χ4n) is 3.49. The van der Waals surface area contributed by atoms with Gasteiger partial charge in [-0.1, -0.05) is 0 Å². The highest BCUT2D eigenvalue weighted by Gasteiger charge is 2.63. The van der Waals surface area contributed by atoms with Gasteiger partial charge in [0.25, 0.3) is 0 Å². The zero-order valence-electron chi connectivity index (χ0n) is 9.43. The second kappa shape index (κ2) is 3.11. The Labute approximate surface area is 98.6 Å². The average Bonchev–Trinajstić information content (AvgIpc) is 2.81. The SMILES string of the molecule is O=C1N(O)C2CN1[C@H](C1NNCO1)CC21CC1. The molecule has 4 fully saturated rings. The van der Waals surface area contributed by atoms with Crippen molar-refractivity contribution in [3.8, 4) is 0 Å². The van der Waals surface area contributed by atoms with Crippen molar-refractivity contribution in [2.45, 2.75) is 37.6 Å². The first-order chi connectivity index (χ1) is 8.21. The Bertz CT molecular complexity index is 367. The highest BCUT2D eigenvalue weighted by atomic mass is 16.5. The van der Waals surface area contributed by atoms with Crippen LogP contribution in [0.3, 0.4) is 0 Å². The average molecular weight is 240 g/mol. The molecule has 7 heteroatoms. The van der Waals surface area contributed by atoms with Crippen molar-refractivity contribution in [1.82, 2.24) is 20.8 Å². The Hall–Kier alpha value is -0.890. The van der Waals surface area contributed by atoms with Crippen LogP contribution in [-0.2, 0) is 4.74 Å². The second-order valence-electron chi connectivity index (χ2n) is 5.48. The highest BCUT2D eigenvalue weighted by Crippen LogP contribution is 2.59. The molecule has 2 bridgehead atoms. The summed E-state index contributed by atoms with van der Waals surface area (Å²) in [5, 5.41) is 10.8. The molecule has 0 aromatic carbocycles. The lowest BCUT2D eigenvalue weighted by Crippen LogP contribution is -2.54. The molecular weight excluding hydrogens is 224 g/mol. The van der Waals surface area contributed by atoms with E-state index in [0.717, 1.165) is 24.3 Å². The fraction of sp³-hybridized carbons (Fsp3) is 0.900. The molecule has 7 nitrogen and oxygen atoms in total. The summed E-state index contributed by atoms with van der Waals surface area (Å²) in [7, 11) is 0. The second-order valence-corrected chi connectivity index (χ2v) is 5.48. The number of hydrazine groups is 1. The molecule has 17 heavy (non-hydrogen) atoms. The number of piperidine rings is 1. The predicted octanol–water partition coefficient (Wildman–Crippen LogP) is -0.558. The van der Waals surface area contributed by atoms with E-state index in [2.05, 4.69) is 10.9 Å². The molecule has 3 atom stereocenters. The van der Waals surface area contributed by atoms with E-state index in [1.165, 1.54) is 0 Å². The Kier molecular flexibility index (Phi) is 1.84. The molecule has 2 amide bonds. The molecule has 4 aliphatic rings. The Morgan fingerprint density at radius 3 is 2.94 bits per heavy atom. The third-order valence-electron chi connectivity index (χ3n) is 4.65. The van der Waals surface area contributed by atoms with Crippen molar-refractivity contribution in [2.75, 3.05) is 13.3 Å².